The Balaban J connectivity index is 2.50. The maximum absolute atomic E-state index is 9.09. The molecule has 5 nitrogen and oxygen atoms in total. The van der Waals surface area contributed by atoms with Crippen LogP contribution in [-0.4, -0.2) is 41.8 Å². The topological polar surface area (TPSA) is 61.3 Å². The molecule has 1 aromatic heterocycles. The van der Waals surface area contributed by atoms with Crippen molar-refractivity contribution < 1.29 is 5.11 Å². The van der Waals surface area contributed by atoms with E-state index >= 15 is 0 Å². The van der Waals surface area contributed by atoms with E-state index in [1.807, 2.05) is 25.1 Å². The molecular weight excluding hydrogens is 192 g/mol. The molecule has 1 rings (SSSR count). The normalized spacial score (nSPS) is 12.3. The van der Waals surface area contributed by atoms with Crippen LogP contribution in [0.3, 0.4) is 0 Å². The van der Waals surface area contributed by atoms with Crippen LogP contribution >= 0.6 is 0 Å². The van der Waals surface area contributed by atoms with Gasteiger partial charge in [-0.2, -0.15) is 4.98 Å². The Morgan fingerprint density at radius 3 is 2.87 bits per heavy atom. The van der Waals surface area contributed by atoms with Gasteiger partial charge in [-0.3, -0.25) is 0 Å². The van der Waals surface area contributed by atoms with E-state index in [0.29, 0.717) is 18.9 Å². The number of hydrogen-bond donors (Lipinski definition) is 2. The number of aromatic nitrogens is 2. The highest BCUT2D eigenvalue weighted by Gasteiger charge is 2.01. The van der Waals surface area contributed by atoms with E-state index in [4.69, 9.17) is 5.11 Å². The molecule has 1 heterocycles. The number of hydrogen-bond acceptors (Lipinski definition) is 5. The van der Waals surface area contributed by atoms with Crippen molar-refractivity contribution >= 4 is 11.8 Å². The number of anilines is 2. The molecule has 0 radical (unpaired) electrons. The summed E-state index contributed by atoms with van der Waals surface area (Å²) in [5.74, 6) is 1.46. The SMILES string of the molecule is CC(O)CCNc1ccnc(N(C)C)n1. The van der Waals surface area contributed by atoms with Crippen LogP contribution in [-0.2, 0) is 0 Å². The summed E-state index contributed by atoms with van der Waals surface area (Å²) in [5.41, 5.74) is 0. The lowest BCUT2D eigenvalue weighted by atomic mass is 10.3. The maximum Gasteiger partial charge on any atom is 0.226 e. The monoisotopic (exact) mass is 210 g/mol. The van der Waals surface area contributed by atoms with Crippen LogP contribution in [0.15, 0.2) is 12.3 Å². The van der Waals surface area contributed by atoms with Crippen molar-refractivity contribution in [2.45, 2.75) is 19.4 Å². The molecule has 0 aliphatic rings. The van der Waals surface area contributed by atoms with Gasteiger partial charge in [0, 0.05) is 26.8 Å². The maximum atomic E-state index is 9.09. The Morgan fingerprint density at radius 2 is 2.27 bits per heavy atom. The molecule has 0 amide bonds. The molecular formula is C10H18N4O. The summed E-state index contributed by atoms with van der Waals surface area (Å²) >= 11 is 0. The Labute approximate surface area is 90.2 Å². The lowest BCUT2D eigenvalue weighted by Gasteiger charge is -2.12. The van der Waals surface area contributed by atoms with E-state index in [2.05, 4.69) is 15.3 Å². The van der Waals surface area contributed by atoms with Crippen LogP contribution in [0.2, 0.25) is 0 Å². The first-order valence-corrected chi connectivity index (χ1v) is 5.02. The first kappa shape index (κ1) is 11.7. The number of nitrogens with one attached hydrogen (secondary N) is 1. The Bertz CT molecular complexity index is 301. The second-order valence-electron chi connectivity index (χ2n) is 3.70. The van der Waals surface area contributed by atoms with Gasteiger partial charge in [-0.05, 0) is 19.4 Å². The minimum atomic E-state index is -0.285. The predicted molar refractivity (Wildman–Crippen MR) is 61.1 cm³/mol. The molecule has 0 saturated heterocycles. The minimum Gasteiger partial charge on any atom is -0.393 e. The molecule has 1 atom stereocenters. The molecule has 2 N–H and O–H groups in total. The van der Waals surface area contributed by atoms with E-state index < -0.39 is 0 Å². The van der Waals surface area contributed by atoms with Gasteiger partial charge in [0.05, 0.1) is 6.10 Å². The van der Waals surface area contributed by atoms with Crippen LogP contribution in [0.4, 0.5) is 11.8 Å². The molecule has 5 heteroatoms. The van der Waals surface area contributed by atoms with Crippen molar-refractivity contribution in [1.82, 2.24) is 9.97 Å². The molecule has 0 spiro atoms. The van der Waals surface area contributed by atoms with Gasteiger partial charge in [-0.15, -0.1) is 0 Å². The Kier molecular flexibility index (Phi) is 4.30. The van der Waals surface area contributed by atoms with Crippen molar-refractivity contribution in [2.75, 3.05) is 30.9 Å². The van der Waals surface area contributed by atoms with Crippen molar-refractivity contribution in [1.29, 1.82) is 0 Å². The molecule has 15 heavy (non-hydrogen) atoms. The van der Waals surface area contributed by atoms with E-state index in [1.54, 1.807) is 13.1 Å². The first-order chi connectivity index (χ1) is 7.09. The Morgan fingerprint density at radius 1 is 1.53 bits per heavy atom. The minimum absolute atomic E-state index is 0.285. The molecule has 0 bridgehead atoms. The second kappa shape index (κ2) is 5.50. The van der Waals surface area contributed by atoms with Gasteiger partial charge in [-0.1, -0.05) is 0 Å². The Hall–Kier alpha value is -1.36. The van der Waals surface area contributed by atoms with Crippen LogP contribution in [0.25, 0.3) is 0 Å². The average Bonchev–Trinajstić information content (AvgIpc) is 2.17. The lowest BCUT2D eigenvalue weighted by Crippen LogP contribution is -2.15. The summed E-state index contributed by atoms with van der Waals surface area (Å²) < 4.78 is 0. The van der Waals surface area contributed by atoms with Crippen molar-refractivity contribution in [3.63, 3.8) is 0 Å². The third kappa shape index (κ3) is 4.12. The highest BCUT2D eigenvalue weighted by atomic mass is 16.3. The second-order valence-corrected chi connectivity index (χ2v) is 3.70. The van der Waals surface area contributed by atoms with Crippen LogP contribution in [0.1, 0.15) is 13.3 Å². The molecule has 0 saturated carbocycles. The fraction of sp³-hybridized carbons (Fsp3) is 0.600. The van der Waals surface area contributed by atoms with E-state index in [9.17, 15) is 0 Å². The lowest BCUT2D eigenvalue weighted by molar-refractivity contribution is 0.188. The third-order valence-corrected chi connectivity index (χ3v) is 1.91. The molecule has 1 unspecified atom stereocenters. The predicted octanol–water partition coefficient (Wildman–Crippen LogP) is 0.725. The molecule has 0 aromatic carbocycles. The van der Waals surface area contributed by atoms with Gasteiger partial charge < -0.3 is 15.3 Å². The van der Waals surface area contributed by atoms with E-state index in [-0.39, 0.29) is 6.10 Å². The average molecular weight is 210 g/mol. The van der Waals surface area contributed by atoms with Crippen LogP contribution < -0.4 is 10.2 Å². The summed E-state index contributed by atoms with van der Waals surface area (Å²) in [4.78, 5) is 10.2. The molecule has 0 aliphatic heterocycles. The van der Waals surface area contributed by atoms with Crippen molar-refractivity contribution in [3.05, 3.63) is 12.3 Å². The molecule has 1 aromatic rings. The van der Waals surface area contributed by atoms with Gasteiger partial charge in [0.2, 0.25) is 5.95 Å². The number of aliphatic hydroxyl groups excluding tert-OH is 1. The third-order valence-electron chi connectivity index (χ3n) is 1.91. The van der Waals surface area contributed by atoms with Gasteiger partial charge >= 0.3 is 0 Å². The zero-order chi connectivity index (χ0) is 11.3. The van der Waals surface area contributed by atoms with E-state index in [1.165, 1.54) is 0 Å². The summed E-state index contributed by atoms with van der Waals surface area (Å²) in [6.07, 6.45) is 2.14. The summed E-state index contributed by atoms with van der Waals surface area (Å²) in [6, 6.07) is 1.81. The highest BCUT2D eigenvalue weighted by Crippen LogP contribution is 2.07. The van der Waals surface area contributed by atoms with Crippen LogP contribution in [0.5, 0.6) is 0 Å². The summed E-state index contributed by atoms with van der Waals surface area (Å²) in [6.45, 7) is 2.48. The fourth-order valence-electron chi connectivity index (χ4n) is 1.07. The van der Waals surface area contributed by atoms with E-state index in [0.717, 1.165) is 5.82 Å². The zero-order valence-electron chi connectivity index (χ0n) is 9.44. The number of aliphatic hydroxyl groups is 1. The smallest absolute Gasteiger partial charge is 0.226 e. The highest BCUT2D eigenvalue weighted by molar-refractivity contribution is 5.40. The van der Waals surface area contributed by atoms with Gasteiger partial charge in [0.1, 0.15) is 5.82 Å². The standard InChI is InChI=1S/C10H18N4O/c1-8(15)4-6-11-9-5-7-12-10(13-9)14(2)3/h5,7-8,15H,4,6H2,1-3H3,(H,11,12,13). The van der Waals surface area contributed by atoms with Gasteiger partial charge in [-0.25, -0.2) is 4.98 Å². The van der Waals surface area contributed by atoms with Gasteiger partial charge in [0.25, 0.3) is 0 Å². The largest absolute Gasteiger partial charge is 0.393 e. The van der Waals surface area contributed by atoms with Crippen LogP contribution in [0, 0.1) is 0 Å². The molecule has 84 valence electrons. The quantitative estimate of drug-likeness (QED) is 0.750. The number of nitrogens with zero attached hydrogens (tertiary/aromatic N) is 3. The summed E-state index contributed by atoms with van der Waals surface area (Å²) in [5, 5.41) is 12.2. The van der Waals surface area contributed by atoms with Crippen molar-refractivity contribution in [2.24, 2.45) is 0 Å². The molecule has 0 fully saturated rings. The van der Waals surface area contributed by atoms with Gasteiger partial charge in [0.15, 0.2) is 0 Å². The number of rotatable bonds is 5. The fourth-order valence-corrected chi connectivity index (χ4v) is 1.07. The zero-order valence-corrected chi connectivity index (χ0v) is 9.44. The molecule has 0 aliphatic carbocycles. The first-order valence-electron chi connectivity index (χ1n) is 5.02. The summed E-state index contributed by atoms with van der Waals surface area (Å²) in [7, 11) is 3.80. The van der Waals surface area contributed by atoms with Crippen molar-refractivity contribution in [3.8, 4) is 0 Å².